The second-order valence-electron chi connectivity index (χ2n) is 15.2. The van der Waals surface area contributed by atoms with E-state index in [-0.39, 0.29) is 60.8 Å². The summed E-state index contributed by atoms with van der Waals surface area (Å²) < 4.78 is 0. The average Bonchev–Trinajstić information content (AvgIpc) is 3.81. The zero-order chi connectivity index (χ0) is 46.5. The van der Waals surface area contributed by atoms with Crippen LogP contribution in [0.15, 0.2) is 113 Å². The predicted molar refractivity (Wildman–Crippen MR) is 242 cm³/mol. The maximum Gasteiger partial charge on any atom is 0.270 e. The number of guanidine groups is 1. The zero-order valence-electron chi connectivity index (χ0n) is 34.9. The number of benzene rings is 4. The zero-order valence-corrected chi connectivity index (χ0v) is 35.7. The molecular formula is C44H48N12O8S. The molecule has 338 valence electrons. The molecule has 0 radical (unpaired) electrons. The summed E-state index contributed by atoms with van der Waals surface area (Å²) in [6.07, 6.45) is 2.72. The Kier molecular flexibility index (Phi) is 15.8. The number of primary amides is 1. The molecule has 5 aromatic rings. The van der Waals surface area contributed by atoms with Gasteiger partial charge in [0, 0.05) is 60.5 Å². The fourth-order valence-electron chi connectivity index (χ4n) is 7.10. The Morgan fingerprint density at radius 2 is 1.35 bits per heavy atom. The number of aliphatic imine (C=N–C) groups is 1. The van der Waals surface area contributed by atoms with Crippen LogP contribution >= 0.6 is 11.8 Å². The number of carbonyl (C=O) groups excluding carboxylic acids is 6. The quantitative estimate of drug-likeness (QED) is 0.0277. The van der Waals surface area contributed by atoms with E-state index in [1.54, 1.807) is 36.4 Å². The predicted octanol–water partition coefficient (Wildman–Crippen LogP) is 0.881. The van der Waals surface area contributed by atoms with E-state index >= 15 is 0 Å². The highest BCUT2D eigenvalue weighted by atomic mass is 32.2. The third-order valence-electron chi connectivity index (χ3n) is 10.5. The van der Waals surface area contributed by atoms with Crippen molar-refractivity contribution in [1.82, 2.24) is 36.6 Å². The van der Waals surface area contributed by atoms with Gasteiger partial charge in [-0.05, 0) is 40.8 Å². The summed E-state index contributed by atoms with van der Waals surface area (Å²) in [4.78, 5) is 107. The number of fused-ring (bicyclic) bond motifs is 2. The minimum absolute atomic E-state index is 0.0197. The van der Waals surface area contributed by atoms with Gasteiger partial charge in [0.25, 0.3) is 11.6 Å². The first kappa shape index (κ1) is 46.7. The second-order valence-corrected chi connectivity index (χ2v) is 16.3. The Bertz CT molecular complexity index is 2570. The Balaban J connectivity index is 1.43. The number of thioether (sulfide) groups is 1. The minimum atomic E-state index is -1.39. The molecule has 2 heterocycles. The number of aromatic amines is 1. The molecule has 1 aliphatic rings. The van der Waals surface area contributed by atoms with Crippen molar-refractivity contribution in [3.05, 3.63) is 136 Å². The van der Waals surface area contributed by atoms with E-state index in [0.29, 0.717) is 16.8 Å². The Morgan fingerprint density at radius 1 is 0.723 bits per heavy atom. The highest BCUT2D eigenvalue weighted by molar-refractivity contribution is 7.99. The van der Waals surface area contributed by atoms with E-state index in [9.17, 15) is 38.9 Å². The van der Waals surface area contributed by atoms with Crippen LogP contribution in [0.25, 0.3) is 10.8 Å². The van der Waals surface area contributed by atoms with E-state index in [2.05, 4.69) is 41.5 Å². The van der Waals surface area contributed by atoms with Crippen molar-refractivity contribution >= 4 is 69.6 Å². The number of imidazole rings is 1. The van der Waals surface area contributed by atoms with E-state index in [1.165, 1.54) is 18.6 Å². The molecule has 12 N–H and O–H groups in total. The van der Waals surface area contributed by atoms with Gasteiger partial charge in [-0.1, -0.05) is 72.8 Å². The molecule has 0 saturated heterocycles. The number of aromatic nitrogens is 2. The lowest BCUT2D eigenvalue weighted by Gasteiger charge is -2.27. The van der Waals surface area contributed by atoms with Crippen LogP contribution in [0.2, 0.25) is 0 Å². The number of carbonyl (C=O) groups is 6. The summed E-state index contributed by atoms with van der Waals surface area (Å²) >= 11 is 0.900. The minimum Gasteiger partial charge on any atom is -0.370 e. The molecule has 6 amide bonds. The topological polar surface area (TPSA) is 325 Å². The molecule has 0 saturated carbocycles. The monoisotopic (exact) mass is 904 g/mol. The summed E-state index contributed by atoms with van der Waals surface area (Å²) in [5.74, 6) is -5.44. The van der Waals surface area contributed by atoms with Gasteiger partial charge in [-0.25, -0.2) is 4.98 Å². The van der Waals surface area contributed by atoms with Crippen molar-refractivity contribution in [2.24, 2.45) is 22.2 Å². The van der Waals surface area contributed by atoms with Crippen LogP contribution in [0, 0.1) is 10.1 Å². The first-order chi connectivity index (χ1) is 31.2. The van der Waals surface area contributed by atoms with Crippen LogP contribution in [0.5, 0.6) is 0 Å². The standard InChI is InChI=1S/C44H48N12O8S/c45-38(57)36-23-65-37-15-14-30(56(63)64)21-31(37)39(58)52-35(20-29-22-48-24-50-29)43(62)54-33(18-25-7-2-1-3-8-25)41(60)51-32(11-6-16-49-44(46)47)40(59)53-34(42(61)55-36)19-26-12-13-27-9-4-5-10-28(27)17-26/h1-5,7-10,12-15,17,21-22,24,32-36H,6,11,16,18-20,23H2,(H2,45,57)(H,48,50)(H,51,60)(H,52,58)(H,53,59)(H,54,62)(H,55,61)(H4,46,47,49)/t32-,33+,34+,35-,36-/m0/s1. The number of non-ortho nitro benzene ring substituents is 1. The van der Waals surface area contributed by atoms with Gasteiger partial charge in [-0.3, -0.25) is 43.9 Å². The fraction of sp³-hybridized carbons (Fsp3) is 0.273. The number of nitro groups is 1. The number of rotatable bonds is 12. The summed E-state index contributed by atoms with van der Waals surface area (Å²) in [6, 6.07) is 18.6. The van der Waals surface area contributed by atoms with Gasteiger partial charge < -0.3 is 48.8 Å². The molecule has 0 fully saturated rings. The maximum absolute atomic E-state index is 14.5. The number of nitro benzene ring substituents is 1. The Hall–Kier alpha value is -7.81. The average molecular weight is 905 g/mol. The smallest absolute Gasteiger partial charge is 0.270 e. The lowest BCUT2D eigenvalue weighted by molar-refractivity contribution is -0.384. The van der Waals surface area contributed by atoms with Crippen molar-refractivity contribution in [2.45, 2.75) is 67.2 Å². The third kappa shape index (κ3) is 13.1. The van der Waals surface area contributed by atoms with Crippen LogP contribution in [-0.4, -0.2) is 98.8 Å². The third-order valence-corrected chi connectivity index (χ3v) is 11.6. The molecule has 0 bridgehead atoms. The lowest BCUT2D eigenvalue weighted by Crippen LogP contribution is -2.60. The molecule has 21 heteroatoms. The van der Waals surface area contributed by atoms with Crippen molar-refractivity contribution in [2.75, 3.05) is 12.3 Å². The molecule has 1 aliphatic heterocycles. The lowest BCUT2D eigenvalue weighted by atomic mass is 10.00. The molecule has 0 unspecified atom stereocenters. The molecule has 20 nitrogen and oxygen atoms in total. The van der Waals surface area contributed by atoms with E-state index < -0.39 is 76.3 Å². The van der Waals surface area contributed by atoms with Crippen molar-refractivity contribution in [3.63, 3.8) is 0 Å². The van der Waals surface area contributed by atoms with Gasteiger partial charge in [0.2, 0.25) is 29.5 Å². The van der Waals surface area contributed by atoms with Gasteiger partial charge in [-0.15, -0.1) is 11.8 Å². The van der Waals surface area contributed by atoms with Gasteiger partial charge in [-0.2, -0.15) is 0 Å². The first-order valence-corrected chi connectivity index (χ1v) is 21.5. The van der Waals surface area contributed by atoms with E-state index in [1.807, 2.05) is 36.4 Å². The van der Waals surface area contributed by atoms with E-state index in [0.717, 1.165) is 34.7 Å². The van der Waals surface area contributed by atoms with Gasteiger partial charge in [0.15, 0.2) is 5.96 Å². The highest BCUT2D eigenvalue weighted by Gasteiger charge is 2.34. The van der Waals surface area contributed by atoms with Crippen LogP contribution in [0.4, 0.5) is 5.69 Å². The number of H-pyrrole nitrogens is 1. The number of hydrogen-bond donors (Lipinski definition) is 9. The summed E-state index contributed by atoms with van der Waals surface area (Å²) in [5, 5.41) is 27.3. The Morgan fingerprint density at radius 3 is 2.02 bits per heavy atom. The molecule has 5 atom stereocenters. The molecule has 4 aromatic carbocycles. The maximum atomic E-state index is 14.5. The van der Waals surface area contributed by atoms with Crippen LogP contribution < -0.4 is 43.8 Å². The molecule has 1 aromatic heterocycles. The van der Waals surface area contributed by atoms with Crippen molar-refractivity contribution in [1.29, 1.82) is 0 Å². The van der Waals surface area contributed by atoms with Gasteiger partial charge in [0.1, 0.15) is 30.2 Å². The largest absolute Gasteiger partial charge is 0.370 e. The normalized spacial score (nSPS) is 20.0. The number of nitrogens with one attached hydrogen (secondary N) is 6. The summed E-state index contributed by atoms with van der Waals surface area (Å²) in [7, 11) is 0. The number of amides is 6. The molecule has 65 heavy (non-hydrogen) atoms. The van der Waals surface area contributed by atoms with Crippen molar-refractivity contribution in [3.8, 4) is 0 Å². The van der Waals surface area contributed by atoms with Crippen LogP contribution in [0.1, 0.15) is 40.0 Å². The number of hydrogen-bond acceptors (Lipinski definition) is 11. The molecule has 0 aliphatic carbocycles. The molecular weight excluding hydrogens is 857 g/mol. The second kappa shape index (κ2) is 22.0. The molecule has 0 spiro atoms. The highest BCUT2D eigenvalue weighted by Crippen LogP contribution is 2.28. The summed E-state index contributed by atoms with van der Waals surface area (Å²) in [5.41, 5.74) is 18.0. The number of nitrogens with two attached hydrogens (primary N) is 3. The summed E-state index contributed by atoms with van der Waals surface area (Å²) in [6.45, 7) is 0.0889. The fourth-order valence-corrected chi connectivity index (χ4v) is 8.16. The number of nitrogens with zero attached hydrogens (tertiary/aromatic N) is 3. The van der Waals surface area contributed by atoms with Crippen molar-refractivity contribution < 1.29 is 33.7 Å². The van der Waals surface area contributed by atoms with Gasteiger partial charge in [0.05, 0.1) is 16.8 Å². The van der Waals surface area contributed by atoms with E-state index in [4.69, 9.17) is 17.2 Å². The van der Waals surface area contributed by atoms with Crippen LogP contribution in [-0.2, 0) is 43.2 Å². The molecule has 6 rings (SSSR count). The SMILES string of the molecule is NC(=O)[C@@H]1CSc2ccc([N+](=O)[O-])cc2C(=O)N[C@@H](Cc2cnc[nH]2)C(=O)N[C@H](Cc2ccccc2)C(=O)N[C@@H](CCCN=C(N)N)C(=O)N[C@H](Cc2ccc3ccccc3c2)C(=O)N1. The van der Waals surface area contributed by atoms with Crippen LogP contribution in [0.3, 0.4) is 0 Å². The first-order valence-electron chi connectivity index (χ1n) is 20.5. The Labute approximate surface area is 376 Å². The van der Waals surface area contributed by atoms with Gasteiger partial charge >= 0.3 is 0 Å².